The maximum atomic E-state index is 12.2. The molecular formula is C14H19ClN2O2S. The maximum absolute atomic E-state index is 12.2. The fourth-order valence-corrected chi connectivity index (χ4v) is 2.22. The zero-order chi connectivity index (χ0) is 15.3. The Morgan fingerprint density at radius 2 is 2.20 bits per heavy atom. The number of methoxy groups -OCH3 is 1. The van der Waals surface area contributed by atoms with Crippen molar-refractivity contribution in [2.75, 3.05) is 12.4 Å². The molecule has 0 spiro atoms. The van der Waals surface area contributed by atoms with Crippen molar-refractivity contribution in [1.82, 2.24) is 0 Å². The van der Waals surface area contributed by atoms with Gasteiger partial charge in [-0.1, -0.05) is 37.2 Å². The molecule has 0 fully saturated rings. The lowest BCUT2D eigenvalue weighted by Crippen LogP contribution is -2.33. The molecule has 0 aliphatic heterocycles. The lowest BCUT2D eigenvalue weighted by molar-refractivity contribution is -0.118. The first kappa shape index (κ1) is 16.7. The minimum atomic E-state index is -0.476. The molecule has 4 nitrogen and oxygen atoms in total. The summed E-state index contributed by atoms with van der Waals surface area (Å²) in [5.41, 5.74) is 7.04. The van der Waals surface area contributed by atoms with E-state index in [1.165, 1.54) is 7.11 Å². The van der Waals surface area contributed by atoms with Crippen molar-refractivity contribution in [3.63, 3.8) is 0 Å². The van der Waals surface area contributed by atoms with Crippen LogP contribution in [0.2, 0.25) is 5.02 Å². The topological polar surface area (TPSA) is 64.3 Å². The Balaban J connectivity index is 2.99. The van der Waals surface area contributed by atoms with Crippen molar-refractivity contribution in [2.45, 2.75) is 26.7 Å². The van der Waals surface area contributed by atoms with Gasteiger partial charge in [-0.3, -0.25) is 4.79 Å². The van der Waals surface area contributed by atoms with Crippen LogP contribution in [-0.4, -0.2) is 18.0 Å². The summed E-state index contributed by atoms with van der Waals surface area (Å²) in [5, 5.41) is 3.39. The van der Waals surface area contributed by atoms with Gasteiger partial charge in [-0.05, 0) is 25.0 Å². The van der Waals surface area contributed by atoms with Crippen LogP contribution in [0.3, 0.4) is 0 Å². The quantitative estimate of drug-likeness (QED) is 0.791. The third kappa shape index (κ3) is 4.08. The first-order chi connectivity index (χ1) is 9.40. The number of aryl methyl sites for hydroxylation is 1. The van der Waals surface area contributed by atoms with E-state index in [1.54, 1.807) is 12.1 Å². The maximum Gasteiger partial charge on any atom is 0.234 e. The smallest absolute Gasteiger partial charge is 0.234 e. The Labute approximate surface area is 129 Å². The van der Waals surface area contributed by atoms with Crippen molar-refractivity contribution in [3.8, 4) is 5.75 Å². The van der Waals surface area contributed by atoms with Gasteiger partial charge in [-0.15, -0.1) is 0 Å². The summed E-state index contributed by atoms with van der Waals surface area (Å²) >= 11 is 11.0. The number of thiocarbonyl (C=S) groups is 1. The van der Waals surface area contributed by atoms with E-state index in [0.717, 1.165) is 12.0 Å². The normalized spacial score (nSPS) is 11.8. The standard InChI is InChI=1S/C14H19ClN2O2S/c1-4-5-9(13(16)20)14(18)17-11-6-8(2)10(15)7-12(11)19-3/h6-7,9H,4-5H2,1-3H3,(H2,16,20)(H,17,18). The van der Waals surface area contributed by atoms with Gasteiger partial charge in [0.25, 0.3) is 0 Å². The minimum absolute atomic E-state index is 0.203. The van der Waals surface area contributed by atoms with Gasteiger partial charge in [0, 0.05) is 11.1 Å². The summed E-state index contributed by atoms with van der Waals surface area (Å²) in [6.45, 7) is 3.83. The number of benzene rings is 1. The average molecular weight is 315 g/mol. The number of carbonyl (C=O) groups is 1. The first-order valence-electron chi connectivity index (χ1n) is 6.35. The molecule has 0 saturated heterocycles. The Morgan fingerprint density at radius 3 is 2.70 bits per heavy atom. The number of hydrogen-bond acceptors (Lipinski definition) is 3. The van der Waals surface area contributed by atoms with E-state index in [2.05, 4.69) is 5.32 Å². The highest BCUT2D eigenvalue weighted by atomic mass is 35.5. The fraction of sp³-hybridized carbons (Fsp3) is 0.429. The second-order valence-electron chi connectivity index (χ2n) is 4.53. The number of hydrogen-bond donors (Lipinski definition) is 2. The van der Waals surface area contributed by atoms with Crippen molar-refractivity contribution >= 4 is 40.4 Å². The van der Waals surface area contributed by atoms with Gasteiger partial charge in [-0.25, -0.2) is 0 Å². The molecular weight excluding hydrogens is 296 g/mol. The van der Waals surface area contributed by atoms with E-state index < -0.39 is 5.92 Å². The van der Waals surface area contributed by atoms with Crippen molar-refractivity contribution in [2.24, 2.45) is 11.7 Å². The van der Waals surface area contributed by atoms with Gasteiger partial charge in [0.1, 0.15) is 5.75 Å². The summed E-state index contributed by atoms with van der Waals surface area (Å²) in [7, 11) is 1.52. The highest BCUT2D eigenvalue weighted by Gasteiger charge is 2.21. The number of nitrogens with one attached hydrogen (secondary N) is 1. The SMILES string of the molecule is CCCC(C(=O)Nc1cc(C)c(Cl)cc1OC)C(N)=S. The molecule has 6 heteroatoms. The Hall–Kier alpha value is -1.33. The van der Waals surface area contributed by atoms with Gasteiger partial charge < -0.3 is 15.8 Å². The third-order valence-electron chi connectivity index (χ3n) is 2.98. The van der Waals surface area contributed by atoms with Gasteiger partial charge in [0.05, 0.1) is 23.7 Å². The van der Waals surface area contributed by atoms with Crippen LogP contribution in [0.15, 0.2) is 12.1 Å². The van der Waals surface area contributed by atoms with Crippen LogP contribution in [0, 0.1) is 12.8 Å². The molecule has 110 valence electrons. The molecule has 0 aliphatic carbocycles. The first-order valence-corrected chi connectivity index (χ1v) is 7.13. The molecule has 0 aliphatic rings. The molecule has 3 N–H and O–H groups in total. The molecule has 0 bridgehead atoms. The van der Waals surface area contributed by atoms with Gasteiger partial charge in [-0.2, -0.15) is 0 Å². The van der Waals surface area contributed by atoms with E-state index in [-0.39, 0.29) is 10.9 Å². The Bertz CT molecular complexity index is 520. The van der Waals surface area contributed by atoms with Crippen LogP contribution in [0.5, 0.6) is 5.75 Å². The van der Waals surface area contributed by atoms with Crippen LogP contribution in [-0.2, 0) is 4.79 Å². The number of anilines is 1. The van der Waals surface area contributed by atoms with Crippen molar-refractivity contribution in [3.05, 3.63) is 22.7 Å². The Morgan fingerprint density at radius 1 is 1.55 bits per heavy atom. The second kappa shape index (κ2) is 7.45. The van der Waals surface area contributed by atoms with Crippen LogP contribution in [0.1, 0.15) is 25.3 Å². The summed E-state index contributed by atoms with van der Waals surface area (Å²) < 4.78 is 5.22. The van der Waals surface area contributed by atoms with E-state index in [4.69, 9.17) is 34.3 Å². The Kier molecular flexibility index (Phi) is 6.23. The predicted octanol–water partition coefficient (Wildman–Crippen LogP) is 3.30. The molecule has 20 heavy (non-hydrogen) atoms. The van der Waals surface area contributed by atoms with E-state index in [0.29, 0.717) is 22.9 Å². The van der Waals surface area contributed by atoms with Crippen molar-refractivity contribution < 1.29 is 9.53 Å². The monoisotopic (exact) mass is 314 g/mol. The molecule has 1 unspecified atom stereocenters. The summed E-state index contributed by atoms with van der Waals surface area (Å²) in [6.07, 6.45) is 1.45. The average Bonchev–Trinajstić information content (AvgIpc) is 2.39. The lowest BCUT2D eigenvalue weighted by Gasteiger charge is -2.17. The zero-order valence-electron chi connectivity index (χ0n) is 11.8. The van der Waals surface area contributed by atoms with E-state index in [9.17, 15) is 4.79 Å². The molecule has 0 radical (unpaired) electrons. The van der Waals surface area contributed by atoms with Crippen LogP contribution in [0.4, 0.5) is 5.69 Å². The van der Waals surface area contributed by atoms with Crippen LogP contribution < -0.4 is 15.8 Å². The number of rotatable bonds is 6. The number of carbonyl (C=O) groups excluding carboxylic acids is 1. The zero-order valence-corrected chi connectivity index (χ0v) is 13.4. The minimum Gasteiger partial charge on any atom is -0.495 e. The fourth-order valence-electron chi connectivity index (χ4n) is 1.84. The highest BCUT2D eigenvalue weighted by molar-refractivity contribution is 7.80. The molecule has 0 aromatic heterocycles. The number of ether oxygens (including phenoxy) is 1. The van der Waals surface area contributed by atoms with Gasteiger partial charge >= 0.3 is 0 Å². The lowest BCUT2D eigenvalue weighted by atomic mass is 10.0. The third-order valence-corrected chi connectivity index (χ3v) is 3.67. The van der Waals surface area contributed by atoms with E-state index >= 15 is 0 Å². The van der Waals surface area contributed by atoms with Gasteiger partial charge in [0.15, 0.2) is 0 Å². The predicted molar refractivity (Wildman–Crippen MR) is 86.6 cm³/mol. The molecule has 1 rings (SSSR count). The van der Waals surface area contributed by atoms with Gasteiger partial charge in [0.2, 0.25) is 5.91 Å². The summed E-state index contributed by atoms with van der Waals surface area (Å²) in [4.78, 5) is 12.4. The highest BCUT2D eigenvalue weighted by Crippen LogP contribution is 2.31. The molecule has 1 amide bonds. The van der Waals surface area contributed by atoms with Crippen molar-refractivity contribution in [1.29, 1.82) is 0 Å². The largest absolute Gasteiger partial charge is 0.495 e. The number of halogens is 1. The summed E-state index contributed by atoms with van der Waals surface area (Å²) in [5.74, 6) is -0.192. The molecule has 1 atom stereocenters. The molecule has 0 heterocycles. The number of nitrogens with two attached hydrogens (primary N) is 1. The summed E-state index contributed by atoms with van der Waals surface area (Å²) in [6, 6.07) is 3.43. The molecule has 1 aromatic rings. The van der Waals surface area contributed by atoms with E-state index in [1.807, 2.05) is 13.8 Å². The second-order valence-corrected chi connectivity index (χ2v) is 5.41. The van der Waals surface area contributed by atoms with Crippen LogP contribution in [0.25, 0.3) is 0 Å². The molecule has 0 saturated carbocycles. The number of amides is 1. The van der Waals surface area contributed by atoms with Crippen LogP contribution >= 0.6 is 23.8 Å². The molecule has 1 aromatic carbocycles.